The standard InChI is InChI=1S/C16H20N2O2/c1-2-12-9-10-15(20-12)16(18-17)11-3-5-13(6-4-11)19-14-7-8-14/h3-6,9-10,14,16,18H,2,7-8,17H2,1H3. The molecule has 3 rings (SSSR count). The Bertz CT molecular complexity index is 558. The van der Waals surface area contributed by atoms with Gasteiger partial charge in [0.05, 0.1) is 6.10 Å². The van der Waals surface area contributed by atoms with Crippen LogP contribution in [0.4, 0.5) is 0 Å². The largest absolute Gasteiger partial charge is 0.490 e. The van der Waals surface area contributed by atoms with Gasteiger partial charge in [0.2, 0.25) is 0 Å². The highest BCUT2D eigenvalue weighted by molar-refractivity contribution is 5.33. The van der Waals surface area contributed by atoms with Crippen molar-refractivity contribution in [2.45, 2.75) is 38.3 Å². The molecule has 2 aromatic rings. The minimum atomic E-state index is -0.134. The molecular weight excluding hydrogens is 252 g/mol. The van der Waals surface area contributed by atoms with E-state index in [2.05, 4.69) is 12.3 Å². The molecular formula is C16H20N2O2. The Hall–Kier alpha value is -1.78. The Labute approximate surface area is 118 Å². The van der Waals surface area contributed by atoms with Crippen molar-refractivity contribution in [2.75, 3.05) is 0 Å². The van der Waals surface area contributed by atoms with Gasteiger partial charge in [0.1, 0.15) is 23.3 Å². The number of hydrogen-bond donors (Lipinski definition) is 2. The molecule has 1 atom stereocenters. The third-order valence-corrected chi connectivity index (χ3v) is 3.52. The van der Waals surface area contributed by atoms with Gasteiger partial charge >= 0.3 is 0 Å². The summed E-state index contributed by atoms with van der Waals surface area (Å²) >= 11 is 0. The third kappa shape index (κ3) is 2.86. The molecule has 1 aromatic carbocycles. The van der Waals surface area contributed by atoms with E-state index in [0.29, 0.717) is 6.10 Å². The molecule has 1 aliphatic carbocycles. The van der Waals surface area contributed by atoms with Crippen LogP contribution in [0, 0.1) is 0 Å². The summed E-state index contributed by atoms with van der Waals surface area (Å²) < 4.78 is 11.5. The molecule has 1 fully saturated rings. The van der Waals surface area contributed by atoms with E-state index in [9.17, 15) is 0 Å². The Kier molecular flexibility index (Phi) is 3.76. The maximum atomic E-state index is 5.77. The van der Waals surface area contributed by atoms with Crippen molar-refractivity contribution in [3.05, 3.63) is 53.5 Å². The first-order valence-corrected chi connectivity index (χ1v) is 7.11. The predicted octanol–water partition coefficient (Wildman–Crippen LogP) is 2.94. The fraction of sp³-hybridized carbons (Fsp3) is 0.375. The lowest BCUT2D eigenvalue weighted by Gasteiger charge is -2.14. The maximum absolute atomic E-state index is 5.77. The Morgan fingerprint density at radius 2 is 2.00 bits per heavy atom. The molecule has 1 saturated carbocycles. The first-order valence-electron chi connectivity index (χ1n) is 7.11. The van der Waals surface area contributed by atoms with Crippen LogP contribution in [0.3, 0.4) is 0 Å². The second kappa shape index (κ2) is 5.69. The maximum Gasteiger partial charge on any atom is 0.126 e. The number of hydrogen-bond acceptors (Lipinski definition) is 4. The Morgan fingerprint density at radius 3 is 2.55 bits per heavy atom. The summed E-state index contributed by atoms with van der Waals surface area (Å²) in [5.41, 5.74) is 3.87. The van der Waals surface area contributed by atoms with Crippen molar-refractivity contribution < 1.29 is 9.15 Å². The normalized spacial score (nSPS) is 16.1. The zero-order valence-electron chi connectivity index (χ0n) is 11.6. The molecule has 0 spiro atoms. The lowest BCUT2D eigenvalue weighted by Crippen LogP contribution is -2.28. The first kappa shape index (κ1) is 13.2. The van der Waals surface area contributed by atoms with Crippen LogP contribution in [-0.4, -0.2) is 6.10 Å². The number of benzene rings is 1. The number of nitrogens with one attached hydrogen (secondary N) is 1. The van der Waals surface area contributed by atoms with Gasteiger partial charge in [0, 0.05) is 6.42 Å². The smallest absolute Gasteiger partial charge is 0.126 e. The minimum Gasteiger partial charge on any atom is -0.490 e. The second-order valence-electron chi connectivity index (χ2n) is 5.14. The molecule has 4 nitrogen and oxygen atoms in total. The summed E-state index contributed by atoms with van der Waals surface area (Å²) in [6.07, 6.45) is 3.63. The molecule has 20 heavy (non-hydrogen) atoms. The molecule has 4 heteroatoms. The molecule has 0 aliphatic heterocycles. The number of aryl methyl sites for hydroxylation is 1. The summed E-state index contributed by atoms with van der Waals surface area (Å²) in [7, 11) is 0. The van der Waals surface area contributed by atoms with Crippen molar-refractivity contribution in [1.29, 1.82) is 0 Å². The fourth-order valence-corrected chi connectivity index (χ4v) is 2.20. The van der Waals surface area contributed by atoms with Gasteiger partial charge in [-0.2, -0.15) is 0 Å². The molecule has 3 N–H and O–H groups in total. The van der Waals surface area contributed by atoms with Crippen molar-refractivity contribution in [3.8, 4) is 5.75 Å². The van der Waals surface area contributed by atoms with E-state index in [-0.39, 0.29) is 6.04 Å². The van der Waals surface area contributed by atoms with Crippen LogP contribution >= 0.6 is 0 Å². The van der Waals surface area contributed by atoms with Gasteiger partial charge in [-0.3, -0.25) is 5.84 Å². The highest BCUT2D eigenvalue weighted by Crippen LogP contribution is 2.29. The SMILES string of the molecule is CCc1ccc(C(NN)c2ccc(OC3CC3)cc2)o1. The molecule has 106 valence electrons. The molecule has 0 amide bonds. The summed E-state index contributed by atoms with van der Waals surface area (Å²) in [4.78, 5) is 0. The van der Waals surface area contributed by atoms with Crippen LogP contribution < -0.4 is 16.0 Å². The van der Waals surface area contributed by atoms with Crippen molar-refractivity contribution in [3.63, 3.8) is 0 Å². The zero-order chi connectivity index (χ0) is 13.9. The fourth-order valence-electron chi connectivity index (χ4n) is 2.20. The van der Waals surface area contributed by atoms with E-state index in [1.165, 1.54) is 12.8 Å². The van der Waals surface area contributed by atoms with Crippen molar-refractivity contribution in [1.82, 2.24) is 5.43 Å². The molecule has 1 unspecified atom stereocenters. The van der Waals surface area contributed by atoms with Crippen LogP contribution in [0.5, 0.6) is 5.75 Å². The highest BCUT2D eigenvalue weighted by Gasteiger charge is 2.23. The molecule has 0 saturated heterocycles. The number of nitrogens with two attached hydrogens (primary N) is 1. The van der Waals surface area contributed by atoms with E-state index in [1.54, 1.807) is 0 Å². The summed E-state index contributed by atoms with van der Waals surface area (Å²) in [5, 5.41) is 0. The summed E-state index contributed by atoms with van der Waals surface area (Å²) in [6, 6.07) is 11.9. The lowest BCUT2D eigenvalue weighted by atomic mass is 10.1. The number of hydrazine groups is 1. The van der Waals surface area contributed by atoms with E-state index < -0.39 is 0 Å². The van der Waals surface area contributed by atoms with Gasteiger partial charge in [-0.05, 0) is 42.7 Å². The molecule has 0 bridgehead atoms. The van der Waals surface area contributed by atoms with Crippen LogP contribution in [0.25, 0.3) is 0 Å². The van der Waals surface area contributed by atoms with E-state index in [1.807, 2.05) is 36.4 Å². The van der Waals surface area contributed by atoms with Gasteiger partial charge in [0.25, 0.3) is 0 Å². The lowest BCUT2D eigenvalue weighted by molar-refractivity contribution is 0.303. The number of rotatable bonds is 6. The average molecular weight is 272 g/mol. The van der Waals surface area contributed by atoms with Crippen LogP contribution in [0.1, 0.15) is 42.9 Å². The van der Waals surface area contributed by atoms with Crippen molar-refractivity contribution >= 4 is 0 Å². The second-order valence-corrected chi connectivity index (χ2v) is 5.14. The molecule has 0 radical (unpaired) electrons. The number of ether oxygens (including phenoxy) is 1. The van der Waals surface area contributed by atoms with Gasteiger partial charge in [-0.1, -0.05) is 19.1 Å². The van der Waals surface area contributed by atoms with Crippen molar-refractivity contribution in [2.24, 2.45) is 5.84 Å². The van der Waals surface area contributed by atoms with Gasteiger partial charge < -0.3 is 9.15 Å². The summed E-state index contributed by atoms with van der Waals surface area (Å²) in [5.74, 6) is 8.39. The summed E-state index contributed by atoms with van der Waals surface area (Å²) in [6.45, 7) is 2.07. The third-order valence-electron chi connectivity index (χ3n) is 3.52. The van der Waals surface area contributed by atoms with E-state index >= 15 is 0 Å². The van der Waals surface area contributed by atoms with Gasteiger partial charge in [-0.15, -0.1) is 0 Å². The van der Waals surface area contributed by atoms with E-state index in [4.69, 9.17) is 15.0 Å². The monoisotopic (exact) mass is 272 g/mol. The van der Waals surface area contributed by atoms with E-state index in [0.717, 1.165) is 29.3 Å². The van der Waals surface area contributed by atoms with Crippen LogP contribution in [0.2, 0.25) is 0 Å². The molecule has 1 heterocycles. The van der Waals surface area contributed by atoms with Gasteiger partial charge in [0.15, 0.2) is 0 Å². The minimum absolute atomic E-state index is 0.134. The average Bonchev–Trinajstić information content (AvgIpc) is 3.16. The topological polar surface area (TPSA) is 60.4 Å². The zero-order valence-corrected chi connectivity index (χ0v) is 11.6. The Balaban J connectivity index is 1.77. The molecule has 1 aliphatic rings. The van der Waals surface area contributed by atoms with Crippen LogP contribution in [0.15, 0.2) is 40.8 Å². The van der Waals surface area contributed by atoms with Gasteiger partial charge in [-0.25, -0.2) is 5.43 Å². The quantitative estimate of drug-likeness (QED) is 0.627. The predicted molar refractivity (Wildman–Crippen MR) is 77.3 cm³/mol. The number of furan rings is 1. The molecule has 1 aromatic heterocycles. The Morgan fingerprint density at radius 1 is 1.25 bits per heavy atom. The highest BCUT2D eigenvalue weighted by atomic mass is 16.5. The van der Waals surface area contributed by atoms with Crippen LogP contribution in [-0.2, 0) is 6.42 Å². The first-order chi connectivity index (χ1) is 9.80.